The van der Waals surface area contributed by atoms with E-state index in [9.17, 15) is 9.18 Å². The van der Waals surface area contributed by atoms with Crippen LogP contribution in [0.2, 0.25) is 0 Å². The molecule has 0 radical (unpaired) electrons. The van der Waals surface area contributed by atoms with E-state index in [4.69, 9.17) is 11.6 Å². The maximum Gasteiger partial charge on any atom is 0.221 e. The summed E-state index contributed by atoms with van der Waals surface area (Å²) in [5.41, 5.74) is 1.83. The van der Waals surface area contributed by atoms with Gasteiger partial charge in [-0.25, -0.2) is 4.39 Å². The van der Waals surface area contributed by atoms with Crippen LogP contribution in [0.4, 0.5) is 4.39 Å². The highest BCUT2D eigenvalue weighted by molar-refractivity contribution is 6.63. The monoisotopic (exact) mass is 200 g/mol. The van der Waals surface area contributed by atoms with E-state index in [-0.39, 0.29) is 11.1 Å². The Morgan fingerprint density at radius 2 is 2.23 bits per heavy atom. The number of hydrogen-bond donors (Lipinski definition) is 0. The molecule has 13 heavy (non-hydrogen) atoms. The van der Waals surface area contributed by atoms with E-state index >= 15 is 0 Å². The molecule has 0 aromatic heterocycles. The zero-order valence-corrected chi connectivity index (χ0v) is 8.07. The summed E-state index contributed by atoms with van der Waals surface area (Å²) in [6, 6.07) is 4.53. The van der Waals surface area contributed by atoms with Crippen LogP contribution < -0.4 is 0 Å². The average molecular weight is 201 g/mol. The Labute approximate surface area is 81.5 Å². The quantitative estimate of drug-likeness (QED) is 0.686. The molecule has 0 aliphatic heterocycles. The normalized spacial score (nSPS) is 10.1. The van der Waals surface area contributed by atoms with Crippen LogP contribution in [-0.2, 0) is 11.2 Å². The van der Waals surface area contributed by atoms with Gasteiger partial charge in [0.1, 0.15) is 5.82 Å². The lowest BCUT2D eigenvalue weighted by Gasteiger charge is -2.03. The molecular weight excluding hydrogens is 191 g/mol. The van der Waals surface area contributed by atoms with E-state index in [0.717, 1.165) is 11.1 Å². The van der Waals surface area contributed by atoms with Crippen LogP contribution in [0.1, 0.15) is 17.5 Å². The highest BCUT2D eigenvalue weighted by Gasteiger charge is 2.02. The Morgan fingerprint density at radius 3 is 2.77 bits per heavy atom. The highest BCUT2D eigenvalue weighted by atomic mass is 35.5. The predicted octanol–water partition coefficient (Wildman–Crippen LogP) is 2.83. The van der Waals surface area contributed by atoms with Crippen molar-refractivity contribution in [2.24, 2.45) is 0 Å². The summed E-state index contributed by atoms with van der Waals surface area (Å²) in [4.78, 5) is 10.5. The maximum absolute atomic E-state index is 12.7. The molecule has 0 amide bonds. The number of benzene rings is 1. The van der Waals surface area contributed by atoms with Gasteiger partial charge in [0.05, 0.1) is 0 Å². The molecule has 1 rings (SSSR count). The lowest BCUT2D eigenvalue weighted by molar-refractivity contribution is -0.111. The molecule has 3 heteroatoms. The summed E-state index contributed by atoms with van der Waals surface area (Å²) in [7, 11) is 0. The Balaban J connectivity index is 2.72. The zero-order chi connectivity index (χ0) is 9.84. The fourth-order valence-corrected chi connectivity index (χ4v) is 1.27. The summed E-state index contributed by atoms with van der Waals surface area (Å²) >= 11 is 5.20. The summed E-state index contributed by atoms with van der Waals surface area (Å²) in [6.45, 7) is 1.82. The van der Waals surface area contributed by atoms with Gasteiger partial charge >= 0.3 is 0 Å². The first-order chi connectivity index (χ1) is 6.09. The van der Waals surface area contributed by atoms with Crippen LogP contribution in [0.25, 0.3) is 0 Å². The second-order valence-corrected chi connectivity index (χ2v) is 3.35. The Bertz CT molecular complexity index is 323. The molecule has 1 aromatic rings. The van der Waals surface area contributed by atoms with Crippen molar-refractivity contribution in [2.45, 2.75) is 19.8 Å². The van der Waals surface area contributed by atoms with Crippen LogP contribution in [0.3, 0.4) is 0 Å². The molecule has 0 aliphatic carbocycles. The van der Waals surface area contributed by atoms with Gasteiger partial charge in [-0.2, -0.15) is 0 Å². The minimum Gasteiger partial charge on any atom is -0.281 e. The first-order valence-electron chi connectivity index (χ1n) is 4.03. The fourth-order valence-electron chi connectivity index (χ4n) is 1.17. The molecule has 0 unspecified atom stereocenters. The van der Waals surface area contributed by atoms with E-state index in [1.165, 1.54) is 12.1 Å². The van der Waals surface area contributed by atoms with Crippen LogP contribution >= 0.6 is 11.6 Å². The Kier molecular flexibility index (Phi) is 3.43. The summed E-state index contributed by atoms with van der Waals surface area (Å²) in [5.74, 6) is -0.251. The second kappa shape index (κ2) is 4.38. The standard InChI is InChI=1S/C10H10ClFO/c1-7-6-9(12)4-2-8(7)3-5-10(11)13/h2,4,6H,3,5H2,1H3. The van der Waals surface area contributed by atoms with E-state index < -0.39 is 0 Å². The maximum atomic E-state index is 12.7. The van der Waals surface area contributed by atoms with Gasteiger partial charge < -0.3 is 0 Å². The summed E-state index contributed by atoms with van der Waals surface area (Å²) < 4.78 is 12.7. The third kappa shape index (κ3) is 3.15. The fraction of sp³-hybridized carbons (Fsp3) is 0.300. The van der Waals surface area contributed by atoms with Crippen LogP contribution in [-0.4, -0.2) is 5.24 Å². The molecule has 0 aliphatic rings. The molecular formula is C10H10ClFO. The van der Waals surface area contributed by atoms with Crippen molar-refractivity contribution in [3.63, 3.8) is 0 Å². The number of carbonyl (C=O) groups is 1. The van der Waals surface area contributed by atoms with Gasteiger partial charge in [0.25, 0.3) is 0 Å². The first-order valence-corrected chi connectivity index (χ1v) is 4.41. The van der Waals surface area contributed by atoms with Crippen molar-refractivity contribution in [2.75, 3.05) is 0 Å². The van der Waals surface area contributed by atoms with Crippen molar-refractivity contribution in [1.82, 2.24) is 0 Å². The number of rotatable bonds is 3. The molecule has 0 spiro atoms. The molecule has 0 atom stereocenters. The topological polar surface area (TPSA) is 17.1 Å². The number of aryl methyl sites for hydroxylation is 2. The van der Waals surface area contributed by atoms with Gasteiger partial charge in [0, 0.05) is 6.42 Å². The van der Waals surface area contributed by atoms with Gasteiger partial charge in [-0.15, -0.1) is 0 Å². The van der Waals surface area contributed by atoms with Crippen molar-refractivity contribution in [3.05, 3.63) is 35.1 Å². The Hall–Kier alpha value is -0.890. The zero-order valence-electron chi connectivity index (χ0n) is 7.31. The molecule has 70 valence electrons. The lowest BCUT2D eigenvalue weighted by atomic mass is 10.0. The SMILES string of the molecule is Cc1cc(F)ccc1CCC(=O)Cl. The molecule has 0 saturated carbocycles. The number of carbonyl (C=O) groups excluding carboxylic acids is 1. The molecule has 0 bridgehead atoms. The van der Waals surface area contributed by atoms with E-state index in [0.29, 0.717) is 12.8 Å². The second-order valence-electron chi connectivity index (χ2n) is 2.93. The molecule has 0 saturated heterocycles. The van der Waals surface area contributed by atoms with E-state index in [1.54, 1.807) is 6.07 Å². The van der Waals surface area contributed by atoms with E-state index in [1.807, 2.05) is 6.92 Å². The average Bonchev–Trinajstić information content (AvgIpc) is 2.02. The first kappa shape index (κ1) is 10.2. The van der Waals surface area contributed by atoms with Crippen LogP contribution in [0.5, 0.6) is 0 Å². The summed E-state index contributed by atoms with van der Waals surface area (Å²) in [6.07, 6.45) is 0.877. The lowest BCUT2D eigenvalue weighted by Crippen LogP contribution is -1.94. The largest absolute Gasteiger partial charge is 0.281 e. The van der Waals surface area contributed by atoms with Gasteiger partial charge in [0.2, 0.25) is 5.24 Å². The van der Waals surface area contributed by atoms with Crippen molar-refractivity contribution in [3.8, 4) is 0 Å². The minimum absolute atomic E-state index is 0.251. The molecule has 1 nitrogen and oxygen atoms in total. The third-order valence-electron chi connectivity index (χ3n) is 1.90. The minimum atomic E-state index is -0.358. The van der Waals surface area contributed by atoms with Gasteiger partial charge in [-0.3, -0.25) is 4.79 Å². The number of halogens is 2. The van der Waals surface area contributed by atoms with Gasteiger partial charge in [-0.1, -0.05) is 6.07 Å². The third-order valence-corrected chi connectivity index (χ3v) is 2.08. The Morgan fingerprint density at radius 1 is 1.54 bits per heavy atom. The highest BCUT2D eigenvalue weighted by Crippen LogP contribution is 2.12. The molecule has 1 aromatic carbocycles. The smallest absolute Gasteiger partial charge is 0.221 e. The van der Waals surface area contributed by atoms with E-state index in [2.05, 4.69) is 0 Å². The van der Waals surface area contributed by atoms with Crippen molar-refractivity contribution < 1.29 is 9.18 Å². The van der Waals surface area contributed by atoms with Crippen molar-refractivity contribution >= 4 is 16.8 Å². The van der Waals surface area contributed by atoms with Gasteiger partial charge in [-0.05, 0) is 48.2 Å². The van der Waals surface area contributed by atoms with Crippen LogP contribution in [0.15, 0.2) is 18.2 Å². The van der Waals surface area contributed by atoms with Gasteiger partial charge in [0.15, 0.2) is 0 Å². The van der Waals surface area contributed by atoms with Crippen molar-refractivity contribution in [1.29, 1.82) is 0 Å². The molecule has 0 N–H and O–H groups in total. The predicted molar refractivity (Wildman–Crippen MR) is 50.3 cm³/mol. The van der Waals surface area contributed by atoms with Crippen LogP contribution in [0, 0.1) is 12.7 Å². The number of hydrogen-bond acceptors (Lipinski definition) is 1. The summed E-state index contributed by atoms with van der Waals surface area (Å²) in [5, 5.41) is -0.358. The molecule has 0 fully saturated rings. The molecule has 0 heterocycles.